The first kappa shape index (κ1) is 8.54. The summed E-state index contributed by atoms with van der Waals surface area (Å²) in [5.74, 6) is 7.94. The molecule has 0 aliphatic heterocycles. The standard InChI is InChI=1S/C14H20N2/c1-6(15)16-14-9-4-2-7-11(9)12-8(13(7)14)3-5-10(12)14/h7-13H,2-5H2,1H3,(H2,15,16)/t7-,8+,9+,10-,11-,12+,13?,14?. The summed E-state index contributed by atoms with van der Waals surface area (Å²) in [6.45, 7) is 2.00. The maximum absolute atomic E-state index is 5.95. The lowest BCUT2D eigenvalue weighted by Gasteiger charge is -2.44. The van der Waals surface area contributed by atoms with E-state index in [2.05, 4.69) is 0 Å². The van der Waals surface area contributed by atoms with Gasteiger partial charge in [-0.05, 0) is 74.0 Å². The molecule has 6 rings (SSSR count). The van der Waals surface area contributed by atoms with Crippen LogP contribution in [0, 0.1) is 41.4 Å². The van der Waals surface area contributed by atoms with Gasteiger partial charge < -0.3 is 5.73 Å². The number of hydrogen-bond acceptors (Lipinski definition) is 1. The van der Waals surface area contributed by atoms with E-state index in [-0.39, 0.29) is 0 Å². The molecule has 8 bridgehead atoms. The minimum Gasteiger partial charge on any atom is -0.388 e. The van der Waals surface area contributed by atoms with Crippen LogP contribution in [0.3, 0.4) is 0 Å². The van der Waals surface area contributed by atoms with Crippen molar-refractivity contribution in [3.63, 3.8) is 0 Å². The lowest BCUT2D eigenvalue weighted by atomic mass is 9.65. The van der Waals surface area contributed by atoms with Gasteiger partial charge in [-0.1, -0.05) is 0 Å². The van der Waals surface area contributed by atoms with E-state index in [0.29, 0.717) is 5.54 Å². The van der Waals surface area contributed by atoms with E-state index in [1.807, 2.05) is 6.92 Å². The molecular weight excluding hydrogens is 196 g/mol. The zero-order chi connectivity index (χ0) is 10.7. The van der Waals surface area contributed by atoms with Crippen molar-refractivity contribution >= 4 is 5.84 Å². The zero-order valence-corrected chi connectivity index (χ0v) is 9.89. The maximum Gasteiger partial charge on any atom is 0.0912 e. The molecule has 2 N–H and O–H groups in total. The third-order valence-corrected chi connectivity index (χ3v) is 7.00. The molecule has 0 aromatic rings. The Morgan fingerprint density at radius 3 is 2.12 bits per heavy atom. The van der Waals surface area contributed by atoms with Crippen molar-refractivity contribution in [3.05, 3.63) is 0 Å². The lowest BCUT2D eigenvalue weighted by molar-refractivity contribution is 0.109. The summed E-state index contributed by atoms with van der Waals surface area (Å²) in [4.78, 5) is 5.05. The molecule has 0 spiro atoms. The van der Waals surface area contributed by atoms with Crippen LogP contribution in [0.2, 0.25) is 0 Å². The Balaban J connectivity index is 1.76. The predicted molar refractivity (Wildman–Crippen MR) is 62.9 cm³/mol. The van der Waals surface area contributed by atoms with Gasteiger partial charge in [0.25, 0.3) is 0 Å². The lowest BCUT2D eigenvalue weighted by Crippen LogP contribution is -2.47. The molecule has 86 valence electrons. The Hall–Kier alpha value is -0.530. The molecular formula is C14H20N2. The minimum atomic E-state index is 0.361. The van der Waals surface area contributed by atoms with E-state index < -0.39 is 0 Å². The highest BCUT2D eigenvalue weighted by Crippen LogP contribution is 2.84. The van der Waals surface area contributed by atoms with Crippen molar-refractivity contribution in [1.29, 1.82) is 0 Å². The topological polar surface area (TPSA) is 38.4 Å². The molecule has 6 saturated carbocycles. The van der Waals surface area contributed by atoms with Crippen LogP contribution < -0.4 is 5.73 Å². The first-order valence-corrected chi connectivity index (χ1v) is 7.07. The normalized spacial score (nSPS) is 68.8. The van der Waals surface area contributed by atoms with E-state index in [1.165, 1.54) is 25.7 Å². The molecule has 0 radical (unpaired) electrons. The Kier molecular flexibility index (Phi) is 1.18. The molecule has 6 aliphatic rings. The molecule has 0 saturated heterocycles. The van der Waals surface area contributed by atoms with Gasteiger partial charge in [0.05, 0.1) is 11.4 Å². The fourth-order valence-corrected chi connectivity index (χ4v) is 7.45. The number of aliphatic imine (C=N–C) groups is 1. The summed E-state index contributed by atoms with van der Waals surface area (Å²) in [6, 6.07) is 0. The second-order valence-electron chi connectivity index (χ2n) is 7.02. The van der Waals surface area contributed by atoms with Gasteiger partial charge >= 0.3 is 0 Å². The number of nitrogens with zero attached hydrogens (tertiary/aromatic N) is 1. The average molecular weight is 216 g/mol. The summed E-state index contributed by atoms with van der Waals surface area (Å²) < 4.78 is 0. The van der Waals surface area contributed by atoms with Gasteiger partial charge in [0.2, 0.25) is 0 Å². The molecule has 8 atom stereocenters. The van der Waals surface area contributed by atoms with Gasteiger partial charge in [-0.2, -0.15) is 0 Å². The van der Waals surface area contributed by atoms with Crippen molar-refractivity contribution in [2.45, 2.75) is 38.1 Å². The molecule has 16 heavy (non-hydrogen) atoms. The monoisotopic (exact) mass is 216 g/mol. The van der Waals surface area contributed by atoms with Crippen molar-refractivity contribution in [1.82, 2.24) is 0 Å². The number of hydrogen-bond donors (Lipinski definition) is 1. The summed E-state index contributed by atoms with van der Waals surface area (Å²) in [5.41, 5.74) is 6.31. The van der Waals surface area contributed by atoms with Crippen LogP contribution in [0.1, 0.15) is 32.6 Å². The van der Waals surface area contributed by atoms with Crippen LogP contribution in [-0.4, -0.2) is 11.4 Å². The van der Waals surface area contributed by atoms with Crippen LogP contribution in [0.4, 0.5) is 0 Å². The third kappa shape index (κ3) is 0.573. The Bertz CT molecular complexity index is 383. The van der Waals surface area contributed by atoms with Gasteiger partial charge in [-0.25, -0.2) is 0 Å². The fraction of sp³-hybridized carbons (Fsp3) is 0.929. The molecule has 0 heterocycles. The third-order valence-electron chi connectivity index (χ3n) is 7.00. The average Bonchev–Trinajstić information content (AvgIpc) is 2.95. The van der Waals surface area contributed by atoms with Crippen molar-refractivity contribution in [2.75, 3.05) is 0 Å². The van der Waals surface area contributed by atoms with Gasteiger partial charge in [-0.3, -0.25) is 4.99 Å². The summed E-state index contributed by atoms with van der Waals surface area (Å²) in [5, 5.41) is 0. The molecule has 6 aliphatic carbocycles. The number of amidine groups is 1. The molecule has 2 nitrogen and oxygen atoms in total. The molecule has 0 amide bonds. The number of nitrogens with two attached hydrogens (primary N) is 1. The highest BCUT2D eigenvalue weighted by atomic mass is 15.1. The second-order valence-corrected chi connectivity index (χ2v) is 7.02. The summed E-state index contributed by atoms with van der Waals surface area (Å²) in [7, 11) is 0. The van der Waals surface area contributed by atoms with E-state index in [1.54, 1.807) is 0 Å². The predicted octanol–water partition coefficient (Wildman–Crippen LogP) is 2.04. The van der Waals surface area contributed by atoms with Gasteiger partial charge in [0.15, 0.2) is 0 Å². The Labute approximate surface area is 96.7 Å². The Morgan fingerprint density at radius 2 is 1.62 bits per heavy atom. The van der Waals surface area contributed by atoms with E-state index in [0.717, 1.165) is 47.3 Å². The smallest absolute Gasteiger partial charge is 0.0912 e. The second kappa shape index (κ2) is 2.21. The van der Waals surface area contributed by atoms with Gasteiger partial charge in [0.1, 0.15) is 0 Å². The SMILES string of the molecule is CC(N)=NC12C3[C@H]4CC[C@@H]1[C@H]4[C@@H]1[C@H]3CC[C@@H]12. The summed E-state index contributed by atoms with van der Waals surface area (Å²) in [6.07, 6.45) is 5.95. The van der Waals surface area contributed by atoms with E-state index in [9.17, 15) is 0 Å². The van der Waals surface area contributed by atoms with Crippen molar-refractivity contribution in [2.24, 2.45) is 52.2 Å². The van der Waals surface area contributed by atoms with Gasteiger partial charge in [-0.15, -0.1) is 0 Å². The van der Waals surface area contributed by atoms with E-state index >= 15 is 0 Å². The number of rotatable bonds is 1. The molecule has 0 aromatic heterocycles. The highest BCUT2D eigenvalue weighted by Gasteiger charge is 2.84. The van der Waals surface area contributed by atoms with Crippen LogP contribution in [0.15, 0.2) is 4.99 Å². The Morgan fingerprint density at radius 1 is 1.06 bits per heavy atom. The zero-order valence-electron chi connectivity index (χ0n) is 9.89. The quantitative estimate of drug-likeness (QED) is 0.528. The first-order valence-electron chi connectivity index (χ1n) is 7.07. The van der Waals surface area contributed by atoms with Crippen molar-refractivity contribution < 1.29 is 0 Å². The van der Waals surface area contributed by atoms with Gasteiger partial charge in [0, 0.05) is 0 Å². The summed E-state index contributed by atoms with van der Waals surface area (Å²) >= 11 is 0. The fourth-order valence-electron chi connectivity index (χ4n) is 7.45. The van der Waals surface area contributed by atoms with Crippen LogP contribution in [0.5, 0.6) is 0 Å². The van der Waals surface area contributed by atoms with Crippen molar-refractivity contribution in [3.8, 4) is 0 Å². The van der Waals surface area contributed by atoms with Crippen LogP contribution in [0.25, 0.3) is 0 Å². The minimum absolute atomic E-state index is 0.361. The van der Waals surface area contributed by atoms with Crippen LogP contribution >= 0.6 is 0 Å². The first-order chi connectivity index (χ1) is 7.75. The molecule has 2 unspecified atom stereocenters. The largest absolute Gasteiger partial charge is 0.388 e. The maximum atomic E-state index is 5.95. The van der Waals surface area contributed by atoms with Crippen LogP contribution in [-0.2, 0) is 0 Å². The molecule has 6 fully saturated rings. The highest BCUT2D eigenvalue weighted by molar-refractivity contribution is 5.78. The molecule has 2 heteroatoms. The van der Waals surface area contributed by atoms with E-state index in [4.69, 9.17) is 10.7 Å². The molecule has 0 aromatic carbocycles.